The van der Waals surface area contributed by atoms with Crippen LogP contribution in [0.2, 0.25) is 5.02 Å². The molecule has 26 heavy (non-hydrogen) atoms. The van der Waals surface area contributed by atoms with Crippen molar-refractivity contribution in [2.75, 3.05) is 26.1 Å². The Bertz CT molecular complexity index is 961. The summed E-state index contributed by atoms with van der Waals surface area (Å²) >= 11 is 5.93. The summed E-state index contributed by atoms with van der Waals surface area (Å²) in [5.41, 5.74) is 1.35. The predicted octanol–water partition coefficient (Wildman–Crippen LogP) is 3.46. The molecular weight excluding hydrogens is 358 g/mol. The van der Waals surface area contributed by atoms with Gasteiger partial charge in [0.25, 0.3) is 0 Å². The van der Waals surface area contributed by atoms with Gasteiger partial charge in [-0.05, 0) is 30.3 Å². The zero-order valence-corrected chi connectivity index (χ0v) is 14.9. The van der Waals surface area contributed by atoms with Crippen molar-refractivity contribution in [2.45, 2.75) is 0 Å². The molecule has 7 nitrogen and oxygen atoms in total. The molecule has 1 heterocycles. The molecule has 0 saturated heterocycles. The van der Waals surface area contributed by atoms with E-state index in [2.05, 4.69) is 15.3 Å². The third-order valence-electron chi connectivity index (χ3n) is 3.71. The first-order valence-electron chi connectivity index (χ1n) is 7.67. The predicted molar refractivity (Wildman–Crippen MR) is 99.2 cm³/mol. The van der Waals surface area contributed by atoms with Crippen molar-refractivity contribution in [3.8, 4) is 22.9 Å². The standard InChI is InChI=1S/C18H16ClN3O4/c1-25-14-7-12-13(8-15(14)26-2)21-17(10-3-5-11(19)6-4-10)22-18(12)20-9-16(23)24/h3-8H,9H2,1-2H3,(H,23,24)(H,20,21,22). The lowest BCUT2D eigenvalue weighted by Gasteiger charge is -2.13. The number of anilines is 1. The fourth-order valence-electron chi connectivity index (χ4n) is 2.48. The molecule has 1 aromatic heterocycles. The number of benzene rings is 2. The maximum absolute atomic E-state index is 11.0. The Morgan fingerprint density at radius 3 is 2.38 bits per heavy atom. The quantitative estimate of drug-likeness (QED) is 0.683. The summed E-state index contributed by atoms with van der Waals surface area (Å²) in [6.07, 6.45) is 0. The van der Waals surface area contributed by atoms with Crippen LogP contribution in [-0.4, -0.2) is 41.8 Å². The minimum atomic E-state index is -0.995. The second kappa shape index (κ2) is 7.45. The molecule has 2 N–H and O–H groups in total. The fourth-order valence-corrected chi connectivity index (χ4v) is 2.60. The number of carboxylic acids is 1. The Kier molecular flexibility index (Phi) is 5.09. The van der Waals surface area contributed by atoms with E-state index in [1.807, 2.05) is 0 Å². The molecule has 0 aliphatic rings. The minimum Gasteiger partial charge on any atom is -0.493 e. The highest BCUT2D eigenvalue weighted by Crippen LogP contribution is 2.35. The number of nitrogens with one attached hydrogen (secondary N) is 1. The molecule has 0 unspecified atom stereocenters. The number of methoxy groups -OCH3 is 2. The van der Waals surface area contributed by atoms with Crippen LogP contribution in [0.4, 0.5) is 5.82 Å². The van der Waals surface area contributed by atoms with Crippen LogP contribution in [0.15, 0.2) is 36.4 Å². The summed E-state index contributed by atoms with van der Waals surface area (Å²) < 4.78 is 10.6. The number of nitrogens with zero attached hydrogens (tertiary/aromatic N) is 2. The Hall–Kier alpha value is -3.06. The number of carboxylic acid groups (broad SMARTS) is 1. The first-order valence-corrected chi connectivity index (χ1v) is 8.05. The number of aliphatic carboxylic acids is 1. The zero-order chi connectivity index (χ0) is 18.7. The molecule has 0 amide bonds. The number of hydrogen-bond acceptors (Lipinski definition) is 6. The number of fused-ring (bicyclic) bond motifs is 1. The number of carbonyl (C=O) groups is 1. The molecule has 0 bridgehead atoms. The minimum absolute atomic E-state index is 0.277. The van der Waals surface area contributed by atoms with Gasteiger partial charge in [-0.15, -0.1) is 0 Å². The molecule has 0 fully saturated rings. The molecule has 2 aromatic carbocycles. The number of hydrogen-bond donors (Lipinski definition) is 2. The van der Waals surface area contributed by atoms with Crippen LogP contribution in [0, 0.1) is 0 Å². The maximum atomic E-state index is 11.0. The van der Waals surface area contributed by atoms with Gasteiger partial charge in [0, 0.05) is 22.0 Å². The molecular formula is C18H16ClN3O4. The van der Waals surface area contributed by atoms with Gasteiger partial charge in [0.1, 0.15) is 12.4 Å². The number of ether oxygens (including phenoxy) is 2. The average Bonchev–Trinajstić information content (AvgIpc) is 2.65. The molecule has 0 aliphatic heterocycles. The normalized spacial score (nSPS) is 10.6. The van der Waals surface area contributed by atoms with Gasteiger partial charge in [0.2, 0.25) is 0 Å². The van der Waals surface area contributed by atoms with Gasteiger partial charge in [-0.25, -0.2) is 9.97 Å². The summed E-state index contributed by atoms with van der Waals surface area (Å²) in [5, 5.41) is 13.0. The van der Waals surface area contributed by atoms with E-state index in [0.717, 1.165) is 5.56 Å². The molecule has 0 radical (unpaired) electrons. The Morgan fingerprint density at radius 1 is 1.12 bits per heavy atom. The van der Waals surface area contributed by atoms with Crippen molar-refractivity contribution in [1.82, 2.24) is 9.97 Å². The Labute approximate surface area is 154 Å². The topological polar surface area (TPSA) is 93.6 Å². The largest absolute Gasteiger partial charge is 0.493 e. The van der Waals surface area contributed by atoms with E-state index in [-0.39, 0.29) is 6.54 Å². The molecule has 0 atom stereocenters. The Balaban J connectivity index is 2.20. The van der Waals surface area contributed by atoms with Gasteiger partial charge < -0.3 is 19.9 Å². The average molecular weight is 374 g/mol. The molecule has 8 heteroatoms. The van der Waals surface area contributed by atoms with Crippen molar-refractivity contribution in [3.63, 3.8) is 0 Å². The maximum Gasteiger partial charge on any atom is 0.322 e. The lowest BCUT2D eigenvalue weighted by molar-refractivity contribution is -0.134. The van der Waals surface area contributed by atoms with Gasteiger partial charge in [-0.2, -0.15) is 0 Å². The van der Waals surface area contributed by atoms with Gasteiger partial charge >= 0.3 is 5.97 Å². The summed E-state index contributed by atoms with van der Waals surface area (Å²) in [4.78, 5) is 20.0. The molecule has 0 saturated carbocycles. The number of aromatic nitrogens is 2. The van der Waals surface area contributed by atoms with Crippen LogP contribution < -0.4 is 14.8 Å². The summed E-state index contributed by atoms with van der Waals surface area (Å²) in [5.74, 6) is 0.856. The number of halogens is 1. The van der Waals surface area contributed by atoms with Crippen molar-refractivity contribution < 1.29 is 19.4 Å². The van der Waals surface area contributed by atoms with Crippen LogP contribution >= 0.6 is 11.6 Å². The summed E-state index contributed by atoms with van der Waals surface area (Å²) in [6, 6.07) is 10.5. The highest BCUT2D eigenvalue weighted by molar-refractivity contribution is 6.30. The van der Waals surface area contributed by atoms with Crippen molar-refractivity contribution in [2.24, 2.45) is 0 Å². The highest BCUT2D eigenvalue weighted by Gasteiger charge is 2.14. The van der Waals surface area contributed by atoms with Gasteiger partial charge in [0.15, 0.2) is 17.3 Å². The smallest absolute Gasteiger partial charge is 0.322 e. The molecule has 134 valence electrons. The van der Waals surface area contributed by atoms with Crippen LogP contribution in [0.25, 0.3) is 22.3 Å². The molecule has 0 aliphatic carbocycles. The van der Waals surface area contributed by atoms with E-state index in [0.29, 0.717) is 39.1 Å². The SMILES string of the molecule is COc1cc2nc(-c3ccc(Cl)cc3)nc(NCC(=O)O)c2cc1OC. The monoisotopic (exact) mass is 373 g/mol. The Morgan fingerprint density at radius 2 is 1.77 bits per heavy atom. The lowest BCUT2D eigenvalue weighted by atomic mass is 10.1. The summed E-state index contributed by atoms with van der Waals surface area (Å²) in [7, 11) is 3.06. The van der Waals surface area contributed by atoms with Crippen LogP contribution in [-0.2, 0) is 4.79 Å². The van der Waals surface area contributed by atoms with E-state index in [1.54, 1.807) is 36.4 Å². The first-order chi connectivity index (χ1) is 12.5. The third-order valence-corrected chi connectivity index (χ3v) is 3.96. The first kappa shape index (κ1) is 17.8. The fraction of sp³-hybridized carbons (Fsp3) is 0.167. The van der Waals surface area contributed by atoms with E-state index >= 15 is 0 Å². The second-order valence-electron chi connectivity index (χ2n) is 5.37. The second-order valence-corrected chi connectivity index (χ2v) is 5.81. The van der Waals surface area contributed by atoms with E-state index < -0.39 is 5.97 Å². The van der Waals surface area contributed by atoms with Crippen molar-refractivity contribution in [3.05, 3.63) is 41.4 Å². The van der Waals surface area contributed by atoms with Crippen LogP contribution in [0.3, 0.4) is 0 Å². The van der Waals surface area contributed by atoms with Crippen molar-refractivity contribution >= 4 is 34.3 Å². The van der Waals surface area contributed by atoms with E-state index in [4.69, 9.17) is 26.2 Å². The van der Waals surface area contributed by atoms with Gasteiger partial charge in [-0.1, -0.05) is 11.6 Å². The van der Waals surface area contributed by atoms with Crippen LogP contribution in [0.5, 0.6) is 11.5 Å². The molecule has 3 aromatic rings. The zero-order valence-electron chi connectivity index (χ0n) is 14.1. The van der Waals surface area contributed by atoms with E-state index in [1.165, 1.54) is 14.2 Å². The van der Waals surface area contributed by atoms with Gasteiger partial charge in [-0.3, -0.25) is 4.79 Å². The molecule has 3 rings (SSSR count). The third kappa shape index (κ3) is 3.62. The van der Waals surface area contributed by atoms with Crippen molar-refractivity contribution in [1.29, 1.82) is 0 Å². The molecule has 0 spiro atoms. The lowest BCUT2D eigenvalue weighted by Crippen LogP contribution is -2.14. The highest BCUT2D eigenvalue weighted by atomic mass is 35.5. The van der Waals surface area contributed by atoms with E-state index in [9.17, 15) is 4.79 Å². The number of rotatable bonds is 6. The van der Waals surface area contributed by atoms with Gasteiger partial charge in [0.05, 0.1) is 19.7 Å². The van der Waals surface area contributed by atoms with Crippen LogP contribution in [0.1, 0.15) is 0 Å². The summed E-state index contributed by atoms with van der Waals surface area (Å²) in [6.45, 7) is -0.277.